The van der Waals surface area contributed by atoms with Crippen LogP contribution in [0.2, 0.25) is 0 Å². The molecule has 19 heavy (non-hydrogen) atoms. The molecule has 1 aromatic heterocycles. The van der Waals surface area contributed by atoms with Crippen molar-refractivity contribution < 1.29 is 4.74 Å². The molecule has 0 fully saturated rings. The van der Waals surface area contributed by atoms with Gasteiger partial charge in [0.1, 0.15) is 0 Å². The predicted octanol–water partition coefficient (Wildman–Crippen LogP) is 2.40. The fraction of sp³-hybridized carbons (Fsp3) is 0.400. The van der Waals surface area contributed by atoms with Gasteiger partial charge in [0.2, 0.25) is 0 Å². The summed E-state index contributed by atoms with van der Waals surface area (Å²) in [7, 11) is 1.71. The minimum absolute atomic E-state index is 0.694. The standard InChI is InChI=1S/C15H21N3O/c1-3-16-11-12-10-15(17-8-9-19-2)13-6-4-5-7-14(13)18-12/h4-7,10,16H,3,8-9,11H2,1-2H3,(H,17,18). The van der Waals surface area contributed by atoms with Crippen molar-refractivity contribution in [3.63, 3.8) is 0 Å². The van der Waals surface area contributed by atoms with Gasteiger partial charge in [-0.1, -0.05) is 25.1 Å². The summed E-state index contributed by atoms with van der Waals surface area (Å²) in [5, 5.41) is 7.87. The van der Waals surface area contributed by atoms with E-state index in [4.69, 9.17) is 4.74 Å². The van der Waals surface area contributed by atoms with Gasteiger partial charge in [0.25, 0.3) is 0 Å². The quantitative estimate of drug-likeness (QED) is 0.750. The highest BCUT2D eigenvalue weighted by molar-refractivity contribution is 5.91. The first-order valence-electron chi connectivity index (χ1n) is 6.67. The number of nitrogens with one attached hydrogen (secondary N) is 2. The van der Waals surface area contributed by atoms with Gasteiger partial charge in [-0.3, -0.25) is 4.98 Å². The molecular weight excluding hydrogens is 238 g/mol. The van der Waals surface area contributed by atoms with Crippen LogP contribution in [-0.4, -0.2) is 31.8 Å². The maximum atomic E-state index is 5.08. The van der Waals surface area contributed by atoms with E-state index in [1.807, 2.05) is 18.2 Å². The zero-order valence-electron chi connectivity index (χ0n) is 11.6. The molecule has 2 aromatic rings. The number of nitrogens with zero attached hydrogens (tertiary/aromatic N) is 1. The second-order valence-electron chi connectivity index (χ2n) is 4.38. The van der Waals surface area contributed by atoms with Crippen LogP contribution in [0.25, 0.3) is 10.9 Å². The van der Waals surface area contributed by atoms with Crippen LogP contribution in [0.1, 0.15) is 12.6 Å². The van der Waals surface area contributed by atoms with Gasteiger partial charge >= 0.3 is 0 Å². The van der Waals surface area contributed by atoms with Crippen LogP contribution in [0.3, 0.4) is 0 Å². The van der Waals surface area contributed by atoms with Crippen molar-refractivity contribution in [1.29, 1.82) is 0 Å². The summed E-state index contributed by atoms with van der Waals surface area (Å²) in [5.74, 6) is 0. The number of hydrogen-bond acceptors (Lipinski definition) is 4. The lowest BCUT2D eigenvalue weighted by atomic mass is 10.1. The summed E-state index contributed by atoms with van der Waals surface area (Å²) in [6, 6.07) is 10.3. The fourth-order valence-corrected chi connectivity index (χ4v) is 2.01. The minimum atomic E-state index is 0.694. The Kier molecular flexibility index (Phi) is 5.12. The molecule has 0 spiro atoms. The lowest BCUT2D eigenvalue weighted by Gasteiger charge is -2.12. The van der Waals surface area contributed by atoms with Crippen molar-refractivity contribution >= 4 is 16.6 Å². The summed E-state index contributed by atoms with van der Waals surface area (Å²) in [6.07, 6.45) is 0. The molecule has 1 aromatic carbocycles. The molecule has 2 rings (SSSR count). The topological polar surface area (TPSA) is 46.2 Å². The van der Waals surface area contributed by atoms with E-state index in [9.17, 15) is 0 Å². The Morgan fingerprint density at radius 3 is 2.89 bits per heavy atom. The number of methoxy groups -OCH3 is 1. The average molecular weight is 259 g/mol. The van der Waals surface area contributed by atoms with Gasteiger partial charge in [-0.15, -0.1) is 0 Å². The number of fused-ring (bicyclic) bond motifs is 1. The molecule has 102 valence electrons. The van der Waals surface area contributed by atoms with Crippen LogP contribution in [0.5, 0.6) is 0 Å². The summed E-state index contributed by atoms with van der Waals surface area (Å²) in [5.41, 5.74) is 3.20. The first kappa shape index (κ1) is 13.8. The van der Waals surface area contributed by atoms with Crippen molar-refractivity contribution in [2.75, 3.05) is 32.1 Å². The molecule has 0 saturated heterocycles. The van der Waals surface area contributed by atoms with Crippen LogP contribution in [0.4, 0.5) is 5.69 Å². The molecule has 0 aliphatic rings. The number of hydrogen-bond donors (Lipinski definition) is 2. The van der Waals surface area contributed by atoms with Gasteiger partial charge in [0.15, 0.2) is 0 Å². The Balaban J connectivity index is 2.28. The van der Waals surface area contributed by atoms with Crippen molar-refractivity contribution in [1.82, 2.24) is 10.3 Å². The van der Waals surface area contributed by atoms with E-state index in [1.54, 1.807) is 7.11 Å². The Morgan fingerprint density at radius 2 is 2.11 bits per heavy atom. The monoisotopic (exact) mass is 259 g/mol. The van der Waals surface area contributed by atoms with E-state index in [0.717, 1.165) is 41.9 Å². The normalized spacial score (nSPS) is 10.8. The van der Waals surface area contributed by atoms with E-state index in [0.29, 0.717) is 6.61 Å². The number of anilines is 1. The number of ether oxygens (including phenoxy) is 1. The van der Waals surface area contributed by atoms with Gasteiger partial charge < -0.3 is 15.4 Å². The van der Waals surface area contributed by atoms with Crippen molar-refractivity contribution in [3.8, 4) is 0 Å². The molecule has 0 atom stereocenters. The first-order chi connectivity index (χ1) is 9.35. The number of pyridine rings is 1. The molecule has 0 aliphatic heterocycles. The lowest BCUT2D eigenvalue weighted by molar-refractivity contribution is 0.211. The van der Waals surface area contributed by atoms with E-state index in [2.05, 4.69) is 34.7 Å². The van der Waals surface area contributed by atoms with E-state index >= 15 is 0 Å². The SMILES string of the molecule is CCNCc1cc(NCCOC)c2ccccc2n1. The zero-order valence-corrected chi connectivity index (χ0v) is 11.6. The maximum absolute atomic E-state index is 5.08. The molecule has 0 aliphatic carbocycles. The third-order valence-electron chi connectivity index (χ3n) is 2.95. The van der Waals surface area contributed by atoms with E-state index in [-0.39, 0.29) is 0 Å². The smallest absolute Gasteiger partial charge is 0.0726 e. The number of rotatable bonds is 7. The first-order valence-corrected chi connectivity index (χ1v) is 6.67. The van der Waals surface area contributed by atoms with Gasteiger partial charge in [0, 0.05) is 31.3 Å². The molecule has 0 radical (unpaired) electrons. The molecule has 0 saturated carbocycles. The Hall–Kier alpha value is -1.65. The fourth-order valence-electron chi connectivity index (χ4n) is 2.01. The number of aromatic nitrogens is 1. The largest absolute Gasteiger partial charge is 0.383 e. The molecule has 2 N–H and O–H groups in total. The predicted molar refractivity (Wildman–Crippen MR) is 79.5 cm³/mol. The molecule has 0 unspecified atom stereocenters. The average Bonchev–Trinajstić information content (AvgIpc) is 2.45. The lowest BCUT2D eigenvalue weighted by Crippen LogP contribution is -2.14. The summed E-state index contributed by atoms with van der Waals surface area (Å²) >= 11 is 0. The van der Waals surface area contributed by atoms with Crippen molar-refractivity contribution in [3.05, 3.63) is 36.0 Å². The van der Waals surface area contributed by atoms with Gasteiger partial charge in [-0.2, -0.15) is 0 Å². The minimum Gasteiger partial charge on any atom is -0.383 e. The van der Waals surface area contributed by atoms with Crippen LogP contribution in [0, 0.1) is 0 Å². The number of para-hydroxylation sites is 1. The zero-order chi connectivity index (χ0) is 13.5. The van der Waals surface area contributed by atoms with Crippen molar-refractivity contribution in [2.24, 2.45) is 0 Å². The van der Waals surface area contributed by atoms with Crippen LogP contribution < -0.4 is 10.6 Å². The van der Waals surface area contributed by atoms with Crippen molar-refractivity contribution in [2.45, 2.75) is 13.5 Å². The second-order valence-corrected chi connectivity index (χ2v) is 4.38. The number of benzene rings is 1. The van der Waals surface area contributed by atoms with Crippen LogP contribution >= 0.6 is 0 Å². The maximum Gasteiger partial charge on any atom is 0.0726 e. The summed E-state index contributed by atoms with van der Waals surface area (Å²) in [4.78, 5) is 4.67. The van der Waals surface area contributed by atoms with Crippen LogP contribution in [-0.2, 0) is 11.3 Å². The summed E-state index contributed by atoms with van der Waals surface area (Å²) in [6.45, 7) is 5.32. The highest BCUT2D eigenvalue weighted by Gasteiger charge is 2.04. The molecule has 4 nitrogen and oxygen atoms in total. The van der Waals surface area contributed by atoms with E-state index in [1.165, 1.54) is 0 Å². The Morgan fingerprint density at radius 1 is 1.26 bits per heavy atom. The van der Waals surface area contributed by atoms with Gasteiger partial charge in [-0.25, -0.2) is 0 Å². The Bertz CT molecular complexity index is 528. The van der Waals surface area contributed by atoms with Gasteiger partial charge in [-0.05, 0) is 18.7 Å². The molecular formula is C15H21N3O. The Labute approximate surface area is 114 Å². The molecule has 4 heteroatoms. The third kappa shape index (κ3) is 3.66. The molecule has 0 amide bonds. The highest BCUT2D eigenvalue weighted by atomic mass is 16.5. The summed E-state index contributed by atoms with van der Waals surface area (Å²) < 4.78 is 5.08. The highest BCUT2D eigenvalue weighted by Crippen LogP contribution is 2.22. The van der Waals surface area contributed by atoms with E-state index < -0.39 is 0 Å². The third-order valence-corrected chi connectivity index (χ3v) is 2.95. The molecule has 0 bridgehead atoms. The van der Waals surface area contributed by atoms with Crippen LogP contribution in [0.15, 0.2) is 30.3 Å². The van der Waals surface area contributed by atoms with Gasteiger partial charge in [0.05, 0.1) is 17.8 Å². The second kappa shape index (κ2) is 7.07. The molecule has 1 heterocycles.